The third kappa shape index (κ3) is 4.92. The van der Waals surface area contributed by atoms with Gasteiger partial charge in [0.2, 0.25) is 10.0 Å². The number of hydrogen-bond donors (Lipinski definition) is 1. The summed E-state index contributed by atoms with van der Waals surface area (Å²) in [5, 5.41) is 0. The summed E-state index contributed by atoms with van der Waals surface area (Å²) in [7, 11) is -3.64. The molecule has 0 saturated carbocycles. The summed E-state index contributed by atoms with van der Waals surface area (Å²) in [6.07, 6.45) is 1.39. The summed E-state index contributed by atoms with van der Waals surface area (Å²) < 4.78 is 35.5. The van der Waals surface area contributed by atoms with Crippen molar-refractivity contribution in [1.82, 2.24) is 13.9 Å². The predicted molar refractivity (Wildman–Crippen MR) is 135 cm³/mol. The number of rotatable bonds is 7. The lowest BCUT2D eigenvalue weighted by Gasteiger charge is -2.31. The number of H-pyrrole nitrogens is 1. The molecule has 2 aromatic carbocycles. The molecule has 4 rings (SSSR count). The second-order valence-electron chi connectivity index (χ2n) is 9.39. The fourth-order valence-electron chi connectivity index (χ4n) is 4.87. The van der Waals surface area contributed by atoms with Crippen LogP contribution in [0.3, 0.4) is 0 Å². The number of sulfonamides is 1. The maximum Gasteiger partial charge on any atom is 0.326 e. The van der Waals surface area contributed by atoms with Crippen molar-refractivity contribution in [1.29, 1.82) is 0 Å². The number of carbonyl (C=O) groups is 1. The van der Waals surface area contributed by atoms with E-state index >= 15 is 0 Å². The molecule has 9 heteroatoms. The van der Waals surface area contributed by atoms with Gasteiger partial charge in [0.05, 0.1) is 28.5 Å². The zero-order valence-electron chi connectivity index (χ0n) is 20.8. The molecule has 0 bridgehead atoms. The zero-order valence-corrected chi connectivity index (χ0v) is 21.6. The Labute approximate surface area is 206 Å². The smallest absolute Gasteiger partial charge is 0.326 e. The number of imidazole rings is 1. The van der Waals surface area contributed by atoms with Crippen molar-refractivity contribution in [3.63, 3.8) is 0 Å². The van der Waals surface area contributed by atoms with Crippen LogP contribution in [0.15, 0.2) is 40.0 Å². The minimum absolute atomic E-state index is 0.180. The minimum atomic E-state index is -3.64. The number of nitrogens with one attached hydrogen (secondary N) is 1. The second-order valence-corrected chi connectivity index (χ2v) is 11.3. The van der Waals surface area contributed by atoms with E-state index in [9.17, 15) is 18.0 Å². The van der Waals surface area contributed by atoms with E-state index in [1.54, 1.807) is 4.57 Å². The molecule has 0 aliphatic carbocycles. The van der Waals surface area contributed by atoms with Crippen LogP contribution in [0.25, 0.3) is 11.0 Å². The number of piperidine rings is 1. The molecule has 8 nitrogen and oxygen atoms in total. The predicted octanol–water partition coefficient (Wildman–Crippen LogP) is 3.60. The number of esters is 1. The third-order valence-corrected chi connectivity index (χ3v) is 9.31. The van der Waals surface area contributed by atoms with Crippen LogP contribution in [0.1, 0.15) is 41.5 Å². The number of carbonyl (C=O) groups excluding carboxylic acids is 1. The van der Waals surface area contributed by atoms with E-state index in [-0.39, 0.29) is 24.2 Å². The molecule has 0 atom stereocenters. The highest BCUT2D eigenvalue weighted by molar-refractivity contribution is 7.89. The highest BCUT2D eigenvalue weighted by Crippen LogP contribution is 2.31. The lowest BCUT2D eigenvalue weighted by molar-refractivity contribution is -0.150. The molecule has 3 aromatic rings. The molecule has 1 fully saturated rings. The summed E-state index contributed by atoms with van der Waals surface area (Å²) in [4.78, 5) is 28.0. The Balaban J connectivity index is 1.31. The van der Waals surface area contributed by atoms with E-state index < -0.39 is 10.0 Å². The molecule has 1 saturated heterocycles. The standard InChI is InChI=1S/C26H33N3O5S/c1-17-16-18(2)20(4)24(19(17)3)35(32,33)28-13-10-21(11-14-28)25(30)34-15-7-12-29-23-9-6-5-8-22(23)27-26(29)31/h5-6,8-9,16,21H,7,10-15H2,1-4H3,(H,27,31). The Morgan fingerprint density at radius 2 is 1.69 bits per heavy atom. The second kappa shape index (κ2) is 9.99. The van der Waals surface area contributed by atoms with Gasteiger partial charge in [0, 0.05) is 19.6 Å². The van der Waals surface area contributed by atoms with Gasteiger partial charge in [-0.3, -0.25) is 9.36 Å². The molecular weight excluding hydrogens is 466 g/mol. The van der Waals surface area contributed by atoms with E-state index in [1.165, 1.54) is 4.31 Å². The van der Waals surface area contributed by atoms with Crippen molar-refractivity contribution < 1.29 is 17.9 Å². The number of aryl methyl sites for hydroxylation is 3. The van der Waals surface area contributed by atoms with Crippen molar-refractivity contribution in [3.05, 3.63) is 63.1 Å². The first kappa shape index (κ1) is 25.2. The van der Waals surface area contributed by atoms with E-state index in [1.807, 2.05) is 58.0 Å². The number of ether oxygens (including phenoxy) is 1. The van der Waals surface area contributed by atoms with Gasteiger partial charge in [-0.15, -0.1) is 0 Å². The lowest BCUT2D eigenvalue weighted by atomic mass is 9.98. The van der Waals surface area contributed by atoms with Gasteiger partial charge in [-0.1, -0.05) is 18.2 Å². The molecule has 0 amide bonds. The molecule has 0 spiro atoms. The molecule has 1 N–H and O–H groups in total. The van der Waals surface area contributed by atoms with Gasteiger partial charge in [0.1, 0.15) is 0 Å². The summed E-state index contributed by atoms with van der Waals surface area (Å²) in [6.45, 7) is 8.80. The summed E-state index contributed by atoms with van der Waals surface area (Å²) in [5.41, 5.74) is 4.91. The zero-order chi connectivity index (χ0) is 25.3. The van der Waals surface area contributed by atoms with Gasteiger partial charge in [-0.25, -0.2) is 13.2 Å². The SMILES string of the molecule is Cc1cc(C)c(C)c(S(=O)(=O)N2CCC(C(=O)OCCCn3c(=O)[nH]c4ccccc43)CC2)c1C. The Kier molecular flexibility index (Phi) is 7.19. The number of aromatic amines is 1. The van der Waals surface area contributed by atoms with Gasteiger partial charge in [-0.05, 0) is 81.3 Å². The molecular formula is C26H33N3O5S. The Morgan fingerprint density at radius 3 is 2.34 bits per heavy atom. The van der Waals surface area contributed by atoms with Crippen LogP contribution in [0.4, 0.5) is 0 Å². The normalized spacial score (nSPS) is 15.5. The summed E-state index contributed by atoms with van der Waals surface area (Å²) in [5.74, 6) is -0.620. The topological polar surface area (TPSA) is 101 Å². The molecule has 2 heterocycles. The first-order valence-electron chi connectivity index (χ1n) is 12.0. The monoisotopic (exact) mass is 499 g/mol. The fourth-order valence-corrected chi connectivity index (χ4v) is 6.92. The third-order valence-electron chi connectivity index (χ3n) is 7.13. The molecule has 0 unspecified atom stereocenters. The van der Waals surface area contributed by atoms with Crippen LogP contribution >= 0.6 is 0 Å². The molecule has 0 radical (unpaired) electrons. The lowest BCUT2D eigenvalue weighted by Crippen LogP contribution is -2.41. The van der Waals surface area contributed by atoms with Crippen LogP contribution in [0.5, 0.6) is 0 Å². The van der Waals surface area contributed by atoms with Crippen LogP contribution in [-0.4, -0.2) is 47.9 Å². The van der Waals surface area contributed by atoms with Crippen LogP contribution in [0, 0.1) is 33.6 Å². The number of para-hydroxylation sites is 2. The van der Waals surface area contributed by atoms with Gasteiger partial charge in [0.25, 0.3) is 0 Å². The number of nitrogens with zero attached hydrogens (tertiary/aromatic N) is 2. The van der Waals surface area contributed by atoms with Crippen LogP contribution < -0.4 is 5.69 Å². The highest BCUT2D eigenvalue weighted by Gasteiger charge is 2.34. The average Bonchev–Trinajstić information content (AvgIpc) is 3.15. The fraction of sp³-hybridized carbons (Fsp3) is 0.462. The van der Waals surface area contributed by atoms with Gasteiger partial charge >= 0.3 is 11.7 Å². The minimum Gasteiger partial charge on any atom is -0.465 e. The molecule has 1 aliphatic rings. The Hall–Kier alpha value is -2.91. The van der Waals surface area contributed by atoms with Gasteiger partial charge < -0.3 is 9.72 Å². The largest absolute Gasteiger partial charge is 0.465 e. The van der Waals surface area contributed by atoms with Crippen LogP contribution in [-0.2, 0) is 26.1 Å². The quantitative estimate of drug-likeness (QED) is 0.395. The Bertz CT molecular complexity index is 1390. The number of hydrogen-bond acceptors (Lipinski definition) is 5. The maximum atomic E-state index is 13.4. The molecule has 1 aliphatic heterocycles. The molecule has 1 aromatic heterocycles. The number of fused-ring (bicyclic) bond motifs is 1. The average molecular weight is 500 g/mol. The first-order valence-corrected chi connectivity index (χ1v) is 13.5. The number of benzene rings is 2. The highest BCUT2D eigenvalue weighted by atomic mass is 32.2. The van der Waals surface area contributed by atoms with E-state index in [2.05, 4.69) is 4.98 Å². The maximum absolute atomic E-state index is 13.4. The van der Waals surface area contributed by atoms with E-state index in [4.69, 9.17) is 4.74 Å². The summed E-state index contributed by atoms with van der Waals surface area (Å²) in [6, 6.07) is 9.48. The van der Waals surface area contributed by atoms with Crippen molar-refractivity contribution in [2.75, 3.05) is 19.7 Å². The molecule has 35 heavy (non-hydrogen) atoms. The van der Waals surface area contributed by atoms with Gasteiger partial charge in [0.15, 0.2) is 0 Å². The Morgan fingerprint density at radius 1 is 1.06 bits per heavy atom. The summed E-state index contributed by atoms with van der Waals surface area (Å²) >= 11 is 0. The van der Waals surface area contributed by atoms with Crippen molar-refractivity contribution in [2.45, 2.75) is 58.4 Å². The van der Waals surface area contributed by atoms with Crippen LogP contribution in [0.2, 0.25) is 0 Å². The van der Waals surface area contributed by atoms with Crippen molar-refractivity contribution >= 4 is 27.0 Å². The number of aromatic nitrogens is 2. The first-order chi connectivity index (χ1) is 16.6. The van der Waals surface area contributed by atoms with E-state index in [0.717, 1.165) is 33.3 Å². The molecule has 188 valence electrons. The van der Waals surface area contributed by atoms with E-state index in [0.29, 0.717) is 43.8 Å². The van der Waals surface area contributed by atoms with Gasteiger partial charge in [-0.2, -0.15) is 4.31 Å². The van der Waals surface area contributed by atoms with Crippen molar-refractivity contribution in [3.8, 4) is 0 Å². The van der Waals surface area contributed by atoms with Crippen molar-refractivity contribution in [2.24, 2.45) is 5.92 Å².